The number of benzene rings is 2. The largest absolute Gasteiger partial charge is 0.484 e. The number of hydrogen-bond acceptors (Lipinski definition) is 3. The van der Waals surface area contributed by atoms with Crippen LogP contribution in [0.25, 0.3) is 0 Å². The summed E-state index contributed by atoms with van der Waals surface area (Å²) in [5.41, 5.74) is 2.01. The second kappa shape index (κ2) is 11.4. The van der Waals surface area contributed by atoms with Gasteiger partial charge in [0, 0.05) is 12.1 Å². The number of carbonyl (C=O) groups excluding carboxylic acids is 2. The SMILES string of the molecule is CCC(C(=O)NC(C)(C)C)N(CCc1ccccc1)C(=O)COc1ccc(C(C)(C)C)cc1. The summed E-state index contributed by atoms with van der Waals surface area (Å²) in [5.74, 6) is 0.314. The molecule has 33 heavy (non-hydrogen) atoms. The number of nitrogens with one attached hydrogen (secondary N) is 1. The number of hydrogen-bond donors (Lipinski definition) is 1. The maximum Gasteiger partial charge on any atom is 0.261 e. The Balaban J connectivity index is 2.14. The van der Waals surface area contributed by atoms with Crippen molar-refractivity contribution in [2.45, 2.75) is 78.3 Å². The van der Waals surface area contributed by atoms with Crippen LogP contribution in [-0.2, 0) is 21.4 Å². The average Bonchev–Trinajstić information content (AvgIpc) is 2.74. The fraction of sp³-hybridized carbons (Fsp3) is 0.500. The molecular weight excluding hydrogens is 412 g/mol. The normalized spacial score (nSPS) is 12.7. The van der Waals surface area contributed by atoms with Crippen molar-refractivity contribution in [2.75, 3.05) is 13.2 Å². The van der Waals surface area contributed by atoms with E-state index in [0.717, 1.165) is 5.56 Å². The van der Waals surface area contributed by atoms with Gasteiger partial charge in [0.25, 0.3) is 5.91 Å². The smallest absolute Gasteiger partial charge is 0.261 e. The van der Waals surface area contributed by atoms with E-state index < -0.39 is 6.04 Å². The van der Waals surface area contributed by atoms with Crippen molar-refractivity contribution < 1.29 is 14.3 Å². The molecule has 5 nitrogen and oxygen atoms in total. The molecule has 2 amide bonds. The van der Waals surface area contributed by atoms with Crippen LogP contribution in [0.4, 0.5) is 0 Å². The first-order chi connectivity index (χ1) is 15.4. The van der Waals surface area contributed by atoms with Gasteiger partial charge in [-0.05, 0) is 62.3 Å². The van der Waals surface area contributed by atoms with E-state index in [2.05, 4.69) is 26.1 Å². The Hall–Kier alpha value is -2.82. The van der Waals surface area contributed by atoms with Crippen LogP contribution in [0.3, 0.4) is 0 Å². The minimum absolute atomic E-state index is 0.0529. The minimum atomic E-state index is -0.549. The number of rotatable bonds is 9. The van der Waals surface area contributed by atoms with Crippen LogP contribution < -0.4 is 10.1 Å². The van der Waals surface area contributed by atoms with Gasteiger partial charge in [0.15, 0.2) is 6.61 Å². The summed E-state index contributed by atoms with van der Waals surface area (Å²) in [6.45, 7) is 14.6. The monoisotopic (exact) mass is 452 g/mol. The Bertz CT molecular complexity index is 893. The summed E-state index contributed by atoms with van der Waals surface area (Å²) in [7, 11) is 0. The first-order valence-corrected chi connectivity index (χ1v) is 11.8. The fourth-order valence-corrected chi connectivity index (χ4v) is 3.63. The highest BCUT2D eigenvalue weighted by Crippen LogP contribution is 2.24. The Kier molecular flexibility index (Phi) is 9.09. The van der Waals surface area contributed by atoms with Gasteiger partial charge in [-0.25, -0.2) is 0 Å². The molecule has 0 heterocycles. The van der Waals surface area contributed by atoms with Crippen molar-refractivity contribution in [1.29, 1.82) is 0 Å². The molecule has 0 spiro atoms. The first kappa shape index (κ1) is 26.4. The summed E-state index contributed by atoms with van der Waals surface area (Å²) >= 11 is 0. The molecule has 0 fully saturated rings. The Morgan fingerprint density at radius 2 is 1.55 bits per heavy atom. The molecule has 1 N–H and O–H groups in total. The van der Waals surface area contributed by atoms with Crippen molar-refractivity contribution in [3.8, 4) is 5.75 Å². The number of nitrogens with zero attached hydrogens (tertiary/aromatic N) is 1. The van der Waals surface area contributed by atoms with Crippen LogP contribution in [0.2, 0.25) is 0 Å². The van der Waals surface area contributed by atoms with Gasteiger partial charge in [-0.15, -0.1) is 0 Å². The number of carbonyl (C=O) groups is 2. The lowest BCUT2D eigenvalue weighted by Gasteiger charge is -2.33. The highest BCUT2D eigenvalue weighted by molar-refractivity contribution is 5.88. The predicted octanol–water partition coefficient (Wildman–Crippen LogP) is 5.13. The molecule has 2 aromatic carbocycles. The molecule has 2 rings (SSSR count). The van der Waals surface area contributed by atoms with Gasteiger partial charge in [-0.1, -0.05) is 70.2 Å². The van der Waals surface area contributed by atoms with Crippen molar-refractivity contribution >= 4 is 11.8 Å². The van der Waals surface area contributed by atoms with Crippen molar-refractivity contribution in [3.63, 3.8) is 0 Å². The maximum atomic E-state index is 13.3. The van der Waals surface area contributed by atoms with Crippen LogP contribution >= 0.6 is 0 Å². The molecule has 0 bridgehead atoms. The summed E-state index contributed by atoms with van der Waals surface area (Å²) < 4.78 is 5.82. The van der Waals surface area contributed by atoms with E-state index in [1.807, 2.05) is 82.3 Å². The zero-order chi connectivity index (χ0) is 24.6. The van der Waals surface area contributed by atoms with Crippen molar-refractivity contribution in [3.05, 3.63) is 65.7 Å². The molecule has 1 unspecified atom stereocenters. The summed E-state index contributed by atoms with van der Waals surface area (Å²) in [5, 5.41) is 3.02. The molecule has 0 aromatic heterocycles. The lowest BCUT2D eigenvalue weighted by molar-refractivity contribution is -0.142. The Labute approximate surface area is 199 Å². The van der Waals surface area contributed by atoms with Crippen molar-refractivity contribution in [2.24, 2.45) is 0 Å². The van der Waals surface area contributed by atoms with E-state index >= 15 is 0 Å². The van der Waals surface area contributed by atoms with Gasteiger partial charge < -0.3 is 15.0 Å². The van der Waals surface area contributed by atoms with Crippen LogP contribution in [0.15, 0.2) is 54.6 Å². The molecule has 0 aliphatic heterocycles. The van der Waals surface area contributed by atoms with Gasteiger partial charge in [-0.2, -0.15) is 0 Å². The summed E-state index contributed by atoms with van der Waals surface area (Å²) in [6, 6.07) is 17.3. The number of amides is 2. The first-order valence-electron chi connectivity index (χ1n) is 11.8. The third-order valence-corrected chi connectivity index (χ3v) is 5.45. The highest BCUT2D eigenvalue weighted by Gasteiger charge is 2.30. The van der Waals surface area contributed by atoms with Crippen molar-refractivity contribution in [1.82, 2.24) is 10.2 Å². The zero-order valence-electron chi connectivity index (χ0n) is 21.3. The molecular formula is C28H40N2O3. The zero-order valence-corrected chi connectivity index (χ0v) is 21.3. The lowest BCUT2D eigenvalue weighted by Crippen LogP contribution is -2.54. The predicted molar refractivity (Wildman–Crippen MR) is 134 cm³/mol. The van der Waals surface area contributed by atoms with Crippen LogP contribution in [0.5, 0.6) is 5.75 Å². The third-order valence-electron chi connectivity index (χ3n) is 5.45. The lowest BCUT2D eigenvalue weighted by atomic mass is 9.87. The topological polar surface area (TPSA) is 58.6 Å². The van der Waals surface area contributed by atoms with Gasteiger partial charge >= 0.3 is 0 Å². The average molecular weight is 453 g/mol. The van der Waals surface area contributed by atoms with Gasteiger partial charge in [0.1, 0.15) is 11.8 Å². The van der Waals surface area contributed by atoms with Gasteiger partial charge in [-0.3, -0.25) is 9.59 Å². The Morgan fingerprint density at radius 3 is 2.06 bits per heavy atom. The number of ether oxygens (including phenoxy) is 1. The third kappa shape index (κ3) is 8.56. The summed E-state index contributed by atoms with van der Waals surface area (Å²) in [4.78, 5) is 27.9. The van der Waals surface area contributed by atoms with E-state index in [1.54, 1.807) is 4.90 Å². The van der Waals surface area contributed by atoms with E-state index in [-0.39, 0.29) is 29.4 Å². The highest BCUT2D eigenvalue weighted by atomic mass is 16.5. The van der Waals surface area contributed by atoms with E-state index in [1.165, 1.54) is 5.56 Å². The standard InChI is InChI=1S/C28H40N2O3/c1-8-24(26(32)29-28(5,6)7)30(19-18-21-12-10-9-11-13-21)25(31)20-33-23-16-14-22(15-17-23)27(2,3)4/h9-17,24H,8,18-20H2,1-7H3,(H,29,32). The van der Waals surface area contributed by atoms with Crippen LogP contribution in [0, 0.1) is 0 Å². The second-order valence-corrected chi connectivity index (χ2v) is 10.5. The second-order valence-electron chi connectivity index (χ2n) is 10.5. The summed E-state index contributed by atoms with van der Waals surface area (Å²) in [6.07, 6.45) is 1.20. The molecule has 0 radical (unpaired) electrons. The quantitative estimate of drug-likeness (QED) is 0.574. The molecule has 180 valence electrons. The molecule has 2 aromatic rings. The van der Waals surface area contributed by atoms with E-state index in [9.17, 15) is 9.59 Å². The fourth-order valence-electron chi connectivity index (χ4n) is 3.63. The molecule has 0 saturated heterocycles. The van der Waals surface area contributed by atoms with Gasteiger partial charge in [0.05, 0.1) is 0 Å². The van der Waals surface area contributed by atoms with Crippen LogP contribution in [0.1, 0.15) is 66.0 Å². The van der Waals surface area contributed by atoms with E-state index in [0.29, 0.717) is 25.1 Å². The van der Waals surface area contributed by atoms with Crippen LogP contribution in [-0.4, -0.2) is 41.4 Å². The molecule has 0 aliphatic carbocycles. The maximum absolute atomic E-state index is 13.3. The molecule has 0 aliphatic rings. The molecule has 5 heteroatoms. The molecule has 1 atom stereocenters. The van der Waals surface area contributed by atoms with Gasteiger partial charge in [0.2, 0.25) is 5.91 Å². The van der Waals surface area contributed by atoms with E-state index in [4.69, 9.17) is 4.74 Å². The minimum Gasteiger partial charge on any atom is -0.484 e. The molecule has 0 saturated carbocycles. The Morgan fingerprint density at radius 1 is 0.939 bits per heavy atom.